The summed E-state index contributed by atoms with van der Waals surface area (Å²) in [4.78, 5) is 27.7. The van der Waals surface area contributed by atoms with Gasteiger partial charge in [-0.05, 0) is 18.9 Å². The Morgan fingerprint density at radius 3 is 2.81 bits per heavy atom. The maximum atomic E-state index is 13.3. The number of aromatic nitrogens is 5. The monoisotopic (exact) mass is 523 g/mol. The van der Waals surface area contributed by atoms with Crippen molar-refractivity contribution in [3.8, 4) is 0 Å². The number of thiophene rings is 1. The summed E-state index contributed by atoms with van der Waals surface area (Å²) in [6, 6.07) is 2.07. The number of halogens is 3. The van der Waals surface area contributed by atoms with E-state index in [1.54, 1.807) is 11.3 Å². The summed E-state index contributed by atoms with van der Waals surface area (Å²) in [5.41, 5.74) is 5.48. The summed E-state index contributed by atoms with van der Waals surface area (Å²) < 4.78 is 41.0. The van der Waals surface area contributed by atoms with Gasteiger partial charge in [0.1, 0.15) is 10.6 Å². The minimum atomic E-state index is -4.54. The van der Waals surface area contributed by atoms with Crippen LogP contribution in [0.3, 0.4) is 0 Å². The number of nitrogens with zero attached hydrogens (tertiary/aromatic N) is 7. The van der Waals surface area contributed by atoms with E-state index >= 15 is 0 Å². The first kappa shape index (κ1) is 24.7. The molecule has 14 heteroatoms. The molecule has 3 N–H and O–H groups in total. The highest BCUT2D eigenvalue weighted by atomic mass is 32.1. The van der Waals surface area contributed by atoms with Gasteiger partial charge in [-0.3, -0.25) is 4.79 Å². The summed E-state index contributed by atoms with van der Waals surface area (Å²) in [5, 5.41) is 11.1. The summed E-state index contributed by atoms with van der Waals surface area (Å²) in [6.45, 7) is 4.32. The van der Waals surface area contributed by atoms with Gasteiger partial charge < -0.3 is 25.4 Å². The Morgan fingerprint density at radius 2 is 2.06 bits per heavy atom. The van der Waals surface area contributed by atoms with Gasteiger partial charge in [0, 0.05) is 50.1 Å². The Morgan fingerprint density at radius 1 is 1.22 bits per heavy atom. The SMILES string of the molecule is CCCc1cc2c(N3CCn4c(nnc4C(F)(F)F)C3)nc(N3CCC(NC(=O)CCN)C3)nc2s1. The number of alkyl halides is 3. The van der Waals surface area contributed by atoms with Gasteiger partial charge >= 0.3 is 6.18 Å². The quantitative estimate of drug-likeness (QED) is 0.485. The van der Waals surface area contributed by atoms with Gasteiger partial charge in [0.05, 0.1) is 11.9 Å². The Kier molecular flexibility index (Phi) is 6.72. The van der Waals surface area contributed by atoms with Crippen LogP contribution in [0.4, 0.5) is 24.9 Å². The number of rotatable bonds is 7. The molecule has 3 aromatic heterocycles. The van der Waals surface area contributed by atoms with Crippen molar-refractivity contribution in [1.82, 2.24) is 30.0 Å². The largest absolute Gasteiger partial charge is 0.451 e. The second-order valence-electron chi connectivity index (χ2n) is 9.08. The van der Waals surface area contributed by atoms with Gasteiger partial charge in [0.2, 0.25) is 17.7 Å². The maximum Gasteiger partial charge on any atom is 0.451 e. The van der Waals surface area contributed by atoms with Crippen LogP contribution in [-0.4, -0.2) is 62.9 Å². The third kappa shape index (κ3) is 4.83. The van der Waals surface area contributed by atoms with Crippen LogP contribution in [0, 0.1) is 0 Å². The zero-order chi connectivity index (χ0) is 25.4. The number of anilines is 2. The van der Waals surface area contributed by atoms with E-state index in [0.717, 1.165) is 34.0 Å². The fourth-order valence-corrected chi connectivity index (χ4v) is 5.86. The first-order valence-corrected chi connectivity index (χ1v) is 12.9. The number of nitrogens with one attached hydrogen (secondary N) is 1. The van der Waals surface area contributed by atoms with Crippen LogP contribution < -0.4 is 20.9 Å². The molecule has 5 rings (SSSR count). The van der Waals surface area contributed by atoms with Crippen LogP contribution in [0.15, 0.2) is 6.07 Å². The zero-order valence-electron chi connectivity index (χ0n) is 19.9. The molecule has 36 heavy (non-hydrogen) atoms. The summed E-state index contributed by atoms with van der Waals surface area (Å²) in [7, 11) is 0. The van der Waals surface area contributed by atoms with Gasteiger partial charge in [-0.2, -0.15) is 18.2 Å². The fourth-order valence-electron chi connectivity index (χ4n) is 4.74. The van der Waals surface area contributed by atoms with Gasteiger partial charge in [-0.1, -0.05) is 13.3 Å². The Labute approximate surface area is 209 Å². The molecule has 0 radical (unpaired) electrons. The number of carbonyl (C=O) groups excluding carboxylic acids is 1. The van der Waals surface area contributed by atoms with Crippen LogP contribution in [0.1, 0.15) is 42.7 Å². The smallest absolute Gasteiger partial charge is 0.351 e. The number of amides is 1. The van der Waals surface area contributed by atoms with Gasteiger partial charge in [-0.25, -0.2) is 4.98 Å². The lowest BCUT2D eigenvalue weighted by molar-refractivity contribution is -0.147. The molecular formula is C22H28F3N9OS. The van der Waals surface area contributed by atoms with E-state index < -0.39 is 12.0 Å². The first-order valence-electron chi connectivity index (χ1n) is 12.1. The average Bonchev–Trinajstić information content (AvgIpc) is 3.55. The molecule has 0 aromatic carbocycles. The molecule has 5 heterocycles. The molecule has 1 saturated heterocycles. The zero-order valence-corrected chi connectivity index (χ0v) is 20.7. The number of carbonyl (C=O) groups is 1. The van der Waals surface area contributed by atoms with Crippen molar-refractivity contribution in [2.24, 2.45) is 5.73 Å². The van der Waals surface area contributed by atoms with Crippen molar-refractivity contribution in [2.75, 3.05) is 36.0 Å². The minimum Gasteiger partial charge on any atom is -0.351 e. The van der Waals surface area contributed by atoms with Crippen molar-refractivity contribution < 1.29 is 18.0 Å². The Bertz CT molecular complexity index is 1260. The van der Waals surface area contributed by atoms with E-state index in [1.165, 1.54) is 4.88 Å². The number of hydrogen-bond acceptors (Lipinski definition) is 9. The van der Waals surface area contributed by atoms with Crippen molar-refractivity contribution in [3.05, 3.63) is 22.6 Å². The van der Waals surface area contributed by atoms with E-state index in [9.17, 15) is 18.0 Å². The van der Waals surface area contributed by atoms with Crippen LogP contribution in [0.2, 0.25) is 0 Å². The van der Waals surface area contributed by atoms with E-state index in [0.29, 0.717) is 37.9 Å². The molecule has 1 fully saturated rings. The molecule has 2 aliphatic rings. The Balaban J connectivity index is 1.45. The topological polar surface area (TPSA) is 118 Å². The number of fused-ring (bicyclic) bond motifs is 2. The van der Waals surface area contributed by atoms with Gasteiger partial charge in [-0.15, -0.1) is 21.5 Å². The summed E-state index contributed by atoms with van der Waals surface area (Å²) >= 11 is 1.61. The lowest BCUT2D eigenvalue weighted by atomic mass is 10.2. The minimum absolute atomic E-state index is 0.0138. The van der Waals surface area contributed by atoms with Crippen LogP contribution in [0.25, 0.3) is 10.2 Å². The standard InChI is InChI=1S/C22H28F3N9OS/c1-2-3-14-10-15-18(32-8-9-34-16(12-32)30-31-20(34)22(23,24)25)28-21(29-19(15)36-14)33-7-5-13(11-33)27-17(35)4-6-26/h10,13H,2-9,11-12,26H2,1H3,(H,27,35). The number of hydrogen-bond donors (Lipinski definition) is 2. The highest BCUT2D eigenvalue weighted by Crippen LogP contribution is 2.36. The predicted octanol–water partition coefficient (Wildman–Crippen LogP) is 2.32. The third-order valence-corrected chi connectivity index (χ3v) is 7.51. The van der Waals surface area contributed by atoms with Crippen molar-refractivity contribution in [2.45, 2.75) is 57.9 Å². The number of nitrogens with two attached hydrogens (primary N) is 1. The van der Waals surface area contributed by atoms with E-state index in [1.807, 2.05) is 9.80 Å². The molecular weight excluding hydrogens is 495 g/mol. The molecule has 194 valence electrons. The first-order chi connectivity index (χ1) is 17.3. The van der Waals surface area contributed by atoms with E-state index in [4.69, 9.17) is 15.7 Å². The maximum absolute atomic E-state index is 13.3. The second-order valence-corrected chi connectivity index (χ2v) is 10.2. The van der Waals surface area contributed by atoms with E-state index in [2.05, 4.69) is 28.5 Å². The highest BCUT2D eigenvalue weighted by Gasteiger charge is 2.40. The number of aryl methyl sites for hydroxylation is 1. The van der Waals surface area contributed by atoms with Crippen molar-refractivity contribution in [3.63, 3.8) is 0 Å². The molecule has 0 spiro atoms. The summed E-state index contributed by atoms with van der Waals surface area (Å²) in [6.07, 6.45) is -1.58. The molecule has 10 nitrogen and oxygen atoms in total. The van der Waals surface area contributed by atoms with E-state index in [-0.39, 0.29) is 37.3 Å². The van der Waals surface area contributed by atoms with Gasteiger partial charge in [0.25, 0.3) is 0 Å². The van der Waals surface area contributed by atoms with Crippen LogP contribution >= 0.6 is 11.3 Å². The highest BCUT2D eigenvalue weighted by molar-refractivity contribution is 7.18. The molecule has 0 bridgehead atoms. The molecule has 2 aliphatic heterocycles. The molecule has 1 amide bonds. The molecule has 3 aromatic rings. The lowest BCUT2D eigenvalue weighted by Crippen LogP contribution is -2.38. The Hall–Kier alpha value is -3.00. The molecule has 1 unspecified atom stereocenters. The molecule has 0 saturated carbocycles. The second kappa shape index (κ2) is 9.81. The van der Waals surface area contributed by atoms with Crippen molar-refractivity contribution >= 4 is 39.2 Å². The lowest BCUT2D eigenvalue weighted by Gasteiger charge is -2.30. The van der Waals surface area contributed by atoms with Crippen LogP contribution in [-0.2, 0) is 30.5 Å². The van der Waals surface area contributed by atoms with Gasteiger partial charge in [0.15, 0.2) is 5.82 Å². The molecule has 0 aliphatic carbocycles. The summed E-state index contributed by atoms with van der Waals surface area (Å²) in [5.74, 6) is 0.466. The molecule has 1 atom stereocenters. The van der Waals surface area contributed by atoms with Crippen LogP contribution in [0.5, 0.6) is 0 Å². The average molecular weight is 524 g/mol. The third-order valence-electron chi connectivity index (χ3n) is 6.42. The van der Waals surface area contributed by atoms with Crippen molar-refractivity contribution in [1.29, 1.82) is 0 Å². The predicted molar refractivity (Wildman–Crippen MR) is 130 cm³/mol. The fraction of sp³-hybridized carbons (Fsp3) is 0.591. The normalized spacial score (nSPS) is 18.2.